The van der Waals surface area contributed by atoms with Gasteiger partial charge in [0.1, 0.15) is 17.7 Å². The predicted molar refractivity (Wildman–Crippen MR) is 143 cm³/mol. The van der Waals surface area contributed by atoms with Crippen LogP contribution >= 0.6 is 0 Å². The number of halogens is 1. The van der Waals surface area contributed by atoms with E-state index in [2.05, 4.69) is 37.8 Å². The van der Waals surface area contributed by atoms with Gasteiger partial charge in [0.2, 0.25) is 17.8 Å². The summed E-state index contributed by atoms with van der Waals surface area (Å²) in [5, 5.41) is 9.07. The summed E-state index contributed by atoms with van der Waals surface area (Å²) in [6.45, 7) is 2.38. The first-order valence-electron chi connectivity index (χ1n) is 12.1. The fourth-order valence-corrected chi connectivity index (χ4v) is 3.59. The highest BCUT2D eigenvalue weighted by molar-refractivity contribution is 5.92. The first-order valence-corrected chi connectivity index (χ1v) is 12.1. The number of carbonyl (C=O) groups excluding carboxylic acids is 2. The van der Waals surface area contributed by atoms with Gasteiger partial charge in [-0.05, 0) is 58.1 Å². The van der Waals surface area contributed by atoms with Gasteiger partial charge in [-0.2, -0.15) is 4.98 Å². The van der Waals surface area contributed by atoms with E-state index in [-0.39, 0.29) is 29.6 Å². The molecule has 0 bridgehead atoms. The van der Waals surface area contributed by atoms with Crippen LogP contribution in [0.2, 0.25) is 0 Å². The average Bonchev–Trinajstić information content (AvgIpc) is 2.85. The van der Waals surface area contributed by atoms with Crippen molar-refractivity contribution in [2.45, 2.75) is 31.8 Å². The summed E-state index contributed by atoms with van der Waals surface area (Å²) in [6.07, 6.45) is 6.39. The lowest BCUT2D eigenvalue weighted by molar-refractivity contribution is -0.135. The minimum absolute atomic E-state index is 0.0318. The quantitative estimate of drug-likeness (QED) is 0.354. The third-order valence-corrected chi connectivity index (χ3v) is 6.06. The molecule has 10 heteroatoms. The van der Waals surface area contributed by atoms with Gasteiger partial charge in [-0.25, -0.2) is 9.37 Å². The summed E-state index contributed by atoms with van der Waals surface area (Å²) >= 11 is 0. The molecule has 1 unspecified atom stereocenters. The van der Waals surface area contributed by atoms with Gasteiger partial charge < -0.3 is 25.8 Å². The van der Waals surface area contributed by atoms with E-state index in [9.17, 15) is 14.0 Å². The average molecular weight is 508 g/mol. The maximum Gasteiger partial charge on any atom is 0.246 e. The minimum atomic E-state index is -0.570. The molecular formula is C27H34FN7O2. The van der Waals surface area contributed by atoms with Crippen LogP contribution in [-0.4, -0.2) is 78.4 Å². The zero-order chi connectivity index (χ0) is 26.9. The lowest BCUT2D eigenvalue weighted by Gasteiger charge is -2.34. The van der Waals surface area contributed by atoms with Crippen molar-refractivity contribution in [3.8, 4) is 11.8 Å². The third-order valence-electron chi connectivity index (χ3n) is 6.06. The summed E-state index contributed by atoms with van der Waals surface area (Å²) in [5.74, 6) is 6.77. The second-order valence-corrected chi connectivity index (χ2v) is 9.27. The van der Waals surface area contributed by atoms with Gasteiger partial charge in [0.05, 0.1) is 11.8 Å². The molecule has 2 amide bonds. The van der Waals surface area contributed by atoms with Crippen LogP contribution in [0.15, 0.2) is 42.6 Å². The Morgan fingerprint density at radius 2 is 1.92 bits per heavy atom. The number of likely N-dealkylation sites (N-methyl/N-ethyl adjacent to an activating group) is 2. The monoisotopic (exact) mass is 507 g/mol. The molecule has 1 aromatic heterocycles. The van der Waals surface area contributed by atoms with Crippen molar-refractivity contribution in [2.75, 3.05) is 45.4 Å². The molecular weight excluding hydrogens is 473 g/mol. The topological polar surface area (TPSA) is 102 Å². The minimum Gasteiger partial charge on any atom is -0.372 e. The van der Waals surface area contributed by atoms with Crippen LogP contribution < -0.4 is 16.0 Å². The van der Waals surface area contributed by atoms with Gasteiger partial charge in [-0.1, -0.05) is 17.9 Å². The smallest absolute Gasteiger partial charge is 0.246 e. The molecule has 0 radical (unpaired) electrons. The van der Waals surface area contributed by atoms with Gasteiger partial charge in [0.15, 0.2) is 0 Å². The van der Waals surface area contributed by atoms with E-state index in [1.54, 1.807) is 45.4 Å². The van der Waals surface area contributed by atoms with Gasteiger partial charge >= 0.3 is 0 Å². The molecule has 2 aromatic rings. The Bertz CT molecular complexity index is 1180. The number of hydrogen-bond acceptors (Lipinski definition) is 7. The Balaban J connectivity index is 1.49. The van der Waals surface area contributed by atoms with Gasteiger partial charge in [0, 0.05) is 44.4 Å². The molecule has 9 nitrogen and oxygen atoms in total. The van der Waals surface area contributed by atoms with Crippen molar-refractivity contribution in [1.82, 2.24) is 25.1 Å². The molecule has 1 heterocycles. The van der Waals surface area contributed by atoms with Crippen molar-refractivity contribution in [3.63, 3.8) is 0 Å². The SMILES string of the molecule is CNc1nc(Nc2ccc(F)cc2)ncc1C#CC1CC(NC(=O)C(C)N(C)C(=O)/C=C/CN(C)C)C1. The summed E-state index contributed by atoms with van der Waals surface area (Å²) in [6, 6.07) is 5.40. The number of carbonyl (C=O) groups is 2. The highest BCUT2D eigenvalue weighted by atomic mass is 19.1. The Labute approximate surface area is 217 Å². The van der Waals surface area contributed by atoms with Crippen LogP contribution in [0.1, 0.15) is 25.3 Å². The highest BCUT2D eigenvalue weighted by Gasteiger charge is 2.31. The molecule has 1 aliphatic carbocycles. The highest BCUT2D eigenvalue weighted by Crippen LogP contribution is 2.27. The summed E-state index contributed by atoms with van der Waals surface area (Å²) in [7, 11) is 7.22. The first-order chi connectivity index (χ1) is 17.7. The molecule has 3 N–H and O–H groups in total. The molecule has 196 valence electrons. The summed E-state index contributed by atoms with van der Waals surface area (Å²) in [5.41, 5.74) is 1.34. The molecule has 1 fully saturated rings. The van der Waals surface area contributed by atoms with E-state index in [4.69, 9.17) is 0 Å². The molecule has 1 atom stereocenters. The van der Waals surface area contributed by atoms with E-state index in [1.807, 2.05) is 19.0 Å². The molecule has 0 saturated heterocycles. The number of aromatic nitrogens is 2. The van der Waals surface area contributed by atoms with Crippen LogP contribution in [0, 0.1) is 23.6 Å². The van der Waals surface area contributed by atoms with Crippen LogP contribution in [0.3, 0.4) is 0 Å². The summed E-state index contributed by atoms with van der Waals surface area (Å²) in [4.78, 5) is 37.0. The number of anilines is 3. The van der Waals surface area contributed by atoms with Crippen molar-refractivity contribution in [1.29, 1.82) is 0 Å². The van der Waals surface area contributed by atoms with Crippen molar-refractivity contribution < 1.29 is 14.0 Å². The lowest BCUT2D eigenvalue weighted by atomic mass is 9.80. The molecule has 3 rings (SSSR count). The molecule has 1 aromatic carbocycles. The molecule has 37 heavy (non-hydrogen) atoms. The molecule has 1 saturated carbocycles. The van der Waals surface area contributed by atoms with E-state index in [0.29, 0.717) is 29.6 Å². The Morgan fingerprint density at radius 1 is 1.22 bits per heavy atom. The van der Waals surface area contributed by atoms with Crippen LogP contribution in [0.4, 0.5) is 21.8 Å². The van der Waals surface area contributed by atoms with Crippen LogP contribution in [-0.2, 0) is 9.59 Å². The second kappa shape index (κ2) is 12.8. The molecule has 0 aliphatic heterocycles. The Morgan fingerprint density at radius 3 is 2.57 bits per heavy atom. The fraction of sp³-hybridized carbons (Fsp3) is 0.407. The van der Waals surface area contributed by atoms with E-state index >= 15 is 0 Å². The van der Waals surface area contributed by atoms with Gasteiger partial charge in [0.25, 0.3) is 0 Å². The van der Waals surface area contributed by atoms with Crippen molar-refractivity contribution in [2.24, 2.45) is 5.92 Å². The number of nitrogens with one attached hydrogen (secondary N) is 3. The number of rotatable bonds is 9. The maximum atomic E-state index is 13.1. The predicted octanol–water partition coefficient (Wildman–Crippen LogP) is 2.61. The summed E-state index contributed by atoms with van der Waals surface area (Å²) < 4.78 is 13.1. The molecule has 0 spiro atoms. The maximum absolute atomic E-state index is 13.1. The van der Waals surface area contributed by atoms with E-state index in [1.165, 1.54) is 23.1 Å². The fourth-order valence-electron chi connectivity index (χ4n) is 3.59. The standard InChI is InChI=1S/C27H34FN7O2/c1-18(35(5)24(36)7-6-14-34(3)4)26(37)31-23-15-19(16-23)8-9-20-17-30-27(33-25(20)29-2)32-22-12-10-21(28)11-13-22/h6-7,10-13,17-19,23H,14-16H2,1-5H3,(H,31,37)(H2,29,30,32,33)/b7-6+. The van der Waals surface area contributed by atoms with Crippen LogP contribution in [0.5, 0.6) is 0 Å². The zero-order valence-electron chi connectivity index (χ0n) is 21.9. The Hall–Kier alpha value is -3.97. The Kier molecular flexibility index (Phi) is 9.57. The second-order valence-electron chi connectivity index (χ2n) is 9.27. The number of amides is 2. The lowest BCUT2D eigenvalue weighted by Crippen LogP contribution is -2.51. The third kappa shape index (κ3) is 8.02. The van der Waals surface area contributed by atoms with E-state index < -0.39 is 6.04 Å². The van der Waals surface area contributed by atoms with Crippen LogP contribution in [0.25, 0.3) is 0 Å². The molecule has 1 aliphatic rings. The number of hydrogen-bond donors (Lipinski definition) is 3. The van der Waals surface area contributed by atoms with Crippen molar-refractivity contribution in [3.05, 3.63) is 54.0 Å². The van der Waals surface area contributed by atoms with Gasteiger partial charge in [-0.15, -0.1) is 0 Å². The van der Waals surface area contributed by atoms with Crippen molar-refractivity contribution >= 4 is 29.3 Å². The van der Waals surface area contributed by atoms with E-state index in [0.717, 1.165) is 12.8 Å². The number of benzene rings is 1. The number of nitrogens with zero attached hydrogens (tertiary/aromatic N) is 4. The van der Waals surface area contributed by atoms with Gasteiger partial charge in [-0.3, -0.25) is 9.59 Å². The zero-order valence-corrected chi connectivity index (χ0v) is 21.9. The largest absolute Gasteiger partial charge is 0.372 e. The first kappa shape index (κ1) is 27.6. The normalized spacial score (nSPS) is 17.4.